The van der Waals surface area contributed by atoms with Crippen LogP contribution in [0.4, 0.5) is 17.1 Å². The number of anilines is 3. The van der Waals surface area contributed by atoms with Crippen molar-refractivity contribution in [3.05, 3.63) is 157 Å². The van der Waals surface area contributed by atoms with Crippen molar-refractivity contribution in [1.82, 2.24) is 4.98 Å². The smallest absolute Gasteiger partial charge is 0.130 e. The first-order chi connectivity index (χ1) is 22.3. The fraction of sp³-hybridized carbons (Fsp3) is 0.0238. The highest BCUT2D eigenvalue weighted by Crippen LogP contribution is 2.56. The second kappa shape index (κ2) is 9.28. The molecule has 0 fully saturated rings. The summed E-state index contributed by atoms with van der Waals surface area (Å²) < 4.78 is 0. The minimum absolute atomic E-state index is 0.0678. The molecule has 1 atom stereocenters. The molecule has 0 saturated heterocycles. The van der Waals surface area contributed by atoms with Gasteiger partial charge in [0.25, 0.3) is 0 Å². The van der Waals surface area contributed by atoms with Gasteiger partial charge in [-0.2, -0.15) is 0 Å². The van der Waals surface area contributed by atoms with Gasteiger partial charge in [0.15, 0.2) is 0 Å². The zero-order chi connectivity index (χ0) is 29.5. The van der Waals surface area contributed by atoms with E-state index < -0.39 is 0 Å². The molecule has 1 unspecified atom stereocenters. The lowest BCUT2D eigenvalue weighted by atomic mass is 9.91. The summed E-state index contributed by atoms with van der Waals surface area (Å²) in [6, 6.07) is 53.0. The number of fused-ring (bicyclic) bond motifs is 11. The molecule has 1 N–H and O–H groups in total. The van der Waals surface area contributed by atoms with Crippen molar-refractivity contribution in [2.24, 2.45) is 0 Å². The van der Waals surface area contributed by atoms with Crippen LogP contribution in [0.15, 0.2) is 152 Å². The molecule has 10 rings (SSSR count). The summed E-state index contributed by atoms with van der Waals surface area (Å²) in [6.07, 6.45) is 1.83. The molecule has 3 nitrogen and oxygen atoms in total. The Labute approximate surface area is 261 Å². The first-order valence-corrected chi connectivity index (χ1v) is 15.5. The van der Waals surface area contributed by atoms with Crippen LogP contribution in [0.5, 0.6) is 0 Å². The van der Waals surface area contributed by atoms with Crippen molar-refractivity contribution in [3.63, 3.8) is 0 Å². The summed E-state index contributed by atoms with van der Waals surface area (Å²) in [5, 5.41) is 11.7. The average molecular weight is 574 g/mol. The van der Waals surface area contributed by atoms with Crippen LogP contribution in [0.25, 0.3) is 65.8 Å². The van der Waals surface area contributed by atoms with E-state index in [2.05, 4.69) is 150 Å². The third-order valence-electron chi connectivity index (χ3n) is 9.62. The van der Waals surface area contributed by atoms with E-state index in [1.165, 1.54) is 60.3 Å². The van der Waals surface area contributed by atoms with E-state index in [4.69, 9.17) is 4.98 Å². The molecule has 0 spiro atoms. The van der Waals surface area contributed by atoms with E-state index in [-0.39, 0.29) is 6.17 Å². The molecule has 7 aromatic carbocycles. The van der Waals surface area contributed by atoms with Gasteiger partial charge >= 0.3 is 0 Å². The number of benzene rings is 7. The number of pyridine rings is 1. The Morgan fingerprint density at radius 2 is 1.13 bits per heavy atom. The molecule has 3 heteroatoms. The number of rotatable bonds is 2. The van der Waals surface area contributed by atoms with Gasteiger partial charge in [0.05, 0.1) is 22.8 Å². The SMILES string of the molecule is c1cc(-c2ccc3c4ccccc4c4ccccc4c3c2)cc(C2Nc3cccc4c3N2c2ccccc2-c2ncccc2-4)c1. The third kappa shape index (κ3) is 3.49. The van der Waals surface area contributed by atoms with Crippen LogP contribution >= 0.6 is 0 Å². The molecular formula is C42H27N3. The highest BCUT2D eigenvalue weighted by molar-refractivity contribution is 6.25. The molecule has 0 aliphatic carbocycles. The molecule has 0 saturated carbocycles. The van der Waals surface area contributed by atoms with Gasteiger partial charge in [-0.25, -0.2) is 0 Å². The molecule has 210 valence electrons. The molecule has 45 heavy (non-hydrogen) atoms. The number of nitrogens with one attached hydrogen (secondary N) is 1. The summed E-state index contributed by atoms with van der Waals surface area (Å²) in [4.78, 5) is 7.35. The first kappa shape index (κ1) is 24.5. The lowest BCUT2D eigenvalue weighted by molar-refractivity contribution is 0.830. The van der Waals surface area contributed by atoms with Gasteiger partial charge in [-0.3, -0.25) is 4.98 Å². The fourth-order valence-corrected chi connectivity index (χ4v) is 7.67. The van der Waals surface area contributed by atoms with E-state index in [9.17, 15) is 0 Å². The lowest BCUT2D eigenvalue weighted by Gasteiger charge is -2.29. The van der Waals surface area contributed by atoms with Gasteiger partial charge in [0.2, 0.25) is 0 Å². The maximum Gasteiger partial charge on any atom is 0.130 e. The number of hydrogen-bond donors (Lipinski definition) is 1. The van der Waals surface area contributed by atoms with Crippen molar-refractivity contribution in [2.75, 3.05) is 10.2 Å². The molecule has 2 aliphatic heterocycles. The van der Waals surface area contributed by atoms with Gasteiger partial charge in [-0.05, 0) is 79.3 Å². The van der Waals surface area contributed by atoms with Crippen molar-refractivity contribution >= 4 is 49.4 Å². The Morgan fingerprint density at radius 1 is 0.489 bits per heavy atom. The van der Waals surface area contributed by atoms with Crippen LogP contribution in [0.2, 0.25) is 0 Å². The van der Waals surface area contributed by atoms with Crippen molar-refractivity contribution < 1.29 is 0 Å². The van der Waals surface area contributed by atoms with Crippen LogP contribution in [0.1, 0.15) is 11.7 Å². The van der Waals surface area contributed by atoms with Gasteiger partial charge in [-0.1, -0.05) is 115 Å². The van der Waals surface area contributed by atoms with Crippen LogP contribution in [-0.4, -0.2) is 4.98 Å². The maximum absolute atomic E-state index is 4.88. The Kier molecular flexibility index (Phi) is 5.06. The Morgan fingerprint density at radius 3 is 1.96 bits per heavy atom. The van der Waals surface area contributed by atoms with Crippen LogP contribution in [0, 0.1) is 0 Å². The fourth-order valence-electron chi connectivity index (χ4n) is 7.67. The highest BCUT2D eigenvalue weighted by Gasteiger charge is 2.37. The summed E-state index contributed by atoms with van der Waals surface area (Å²) in [5.74, 6) is 0. The minimum Gasteiger partial charge on any atom is -0.359 e. The molecule has 3 heterocycles. The molecule has 1 aromatic heterocycles. The molecular weight excluding hydrogens is 546 g/mol. The summed E-state index contributed by atoms with van der Waals surface area (Å²) >= 11 is 0. The first-order valence-electron chi connectivity index (χ1n) is 15.5. The number of nitrogens with zero attached hydrogens (tertiary/aromatic N) is 2. The van der Waals surface area contributed by atoms with Crippen molar-refractivity contribution in [2.45, 2.75) is 6.17 Å². The van der Waals surface area contributed by atoms with E-state index >= 15 is 0 Å². The van der Waals surface area contributed by atoms with Crippen LogP contribution in [-0.2, 0) is 0 Å². The van der Waals surface area contributed by atoms with Gasteiger partial charge in [0, 0.05) is 22.9 Å². The Balaban J connectivity index is 1.15. The van der Waals surface area contributed by atoms with Crippen molar-refractivity contribution in [1.29, 1.82) is 0 Å². The molecule has 2 aliphatic rings. The second-order valence-electron chi connectivity index (χ2n) is 12.0. The monoisotopic (exact) mass is 573 g/mol. The Hall–Kier alpha value is -5.93. The van der Waals surface area contributed by atoms with E-state index in [0.29, 0.717) is 0 Å². The zero-order valence-corrected chi connectivity index (χ0v) is 24.4. The topological polar surface area (TPSA) is 28.2 Å². The van der Waals surface area contributed by atoms with E-state index in [1.807, 2.05) is 12.3 Å². The molecule has 0 radical (unpaired) electrons. The second-order valence-corrected chi connectivity index (χ2v) is 12.0. The van der Waals surface area contributed by atoms with Crippen molar-refractivity contribution in [3.8, 4) is 33.5 Å². The van der Waals surface area contributed by atoms with Gasteiger partial charge in [-0.15, -0.1) is 0 Å². The summed E-state index contributed by atoms with van der Waals surface area (Å²) in [5.41, 5.74) is 11.7. The zero-order valence-electron chi connectivity index (χ0n) is 24.4. The lowest BCUT2D eigenvalue weighted by Crippen LogP contribution is -2.23. The summed E-state index contributed by atoms with van der Waals surface area (Å²) in [7, 11) is 0. The van der Waals surface area contributed by atoms with E-state index in [1.54, 1.807) is 0 Å². The maximum atomic E-state index is 4.88. The molecule has 0 bridgehead atoms. The van der Waals surface area contributed by atoms with E-state index in [0.717, 1.165) is 28.2 Å². The third-order valence-corrected chi connectivity index (χ3v) is 9.62. The highest BCUT2D eigenvalue weighted by atomic mass is 15.3. The number of aromatic nitrogens is 1. The predicted octanol–water partition coefficient (Wildman–Crippen LogP) is 11.1. The summed E-state index contributed by atoms with van der Waals surface area (Å²) in [6.45, 7) is 0. The predicted molar refractivity (Wildman–Crippen MR) is 188 cm³/mol. The quantitative estimate of drug-likeness (QED) is 0.209. The average Bonchev–Trinajstić information content (AvgIpc) is 3.46. The van der Waals surface area contributed by atoms with Gasteiger partial charge in [0.1, 0.15) is 6.17 Å². The normalized spacial score (nSPS) is 14.6. The molecule has 0 amide bonds. The van der Waals surface area contributed by atoms with Gasteiger partial charge < -0.3 is 10.2 Å². The van der Waals surface area contributed by atoms with Crippen LogP contribution < -0.4 is 10.2 Å². The number of hydrogen-bond acceptors (Lipinski definition) is 3. The molecule has 8 aromatic rings. The number of para-hydroxylation sites is 2. The Bertz CT molecular complexity index is 2460. The largest absolute Gasteiger partial charge is 0.359 e. The standard InChI is InChI=1S/C42H27N3/c1-2-14-31-29(12-1)30-13-3-4-15-32(30)37-25-27(21-22-33(31)37)26-10-7-11-28(24-26)42-44-38-19-8-17-35-34-18-9-23-43-40(34)36-16-5-6-20-39(36)45(42)41(35)38/h1-25,42,44H. The minimum atomic E-state index is -0.0678. The van der Waals surface area contributed by atoms with Crippen LogP contribution in [0.3, 0.4) is 0 Å².